The van der Waals surface area contributed by atoms with Crippen LogP contribution in [0.2, 0.25) is 5.15 Å². The molecule has 0 radical (unpaired) electrons. The van der Waals surface area contributed by atoms with Gasteiger partial charge < -0.3 is 10.2 Å². The fraction of sp³-hybridized carbons (Fsp3) is 0.538. The number of anilines is 1. The second-order valence-electron chi connectivity index (χ2n) is 4.72. The molecule has 0 bridgehead atoms. The molecular formula is C13H19ClN6O. The Bertz CT molecular complexity index is 651. The number of rotatable bonds is 5. The third-order valence-electron chi connectivity index (χ3n) is 3.40. The number of hydrogen-bond donors (Lipinski definition) is 1. The lowest BCUT2D eigenvalue weighted by Crippen LogP contribution is -2.41. The van der Waals surface area contributed by atoms with E-state index in [1.54, 1.807) is 9.42 Å². The molecule has 0 spiro atoms. The first-order valence-corrected chi connectivity index (χ1v) is 7.28. The van der Waals surface area contributed by atoms with E-state index in [1.807, 2.05) is 27.7 Å². The molecule has 114 valence electrons. The largest absolute Gasteiger partial charge is 0.358 e. The quantitative estimate of drug-likeness (QED) is 0.852. The Morgan fingerprint density at radius 3 is 2.76 bits per heavy atom. The smallest absolute Gasteiger partial charge is 0.255 e. The van der Waals surface area contributed by atoms with Crippen molar-refractivity contribution in [2.45, 2.75) is 33.7 Å². The number of fused-ring (bicyclic) bond motifs is 1. The predicted octanol–water partition coefficient (Wildman–Crippen LogP) is 1.75. The number of nitrogens with zero attached hydrogens (tertiary/aromatic N) is 5. The average Bonchev–Trinajstić information content (AvgIpc) is 2.92. The molecule has 1 N–H and O–H groups in total. The number of carbonyl (C=O) groups excluding carboxylic acids is 1. The van der Waals surface area contributed by atoms with Crippen molar-refractivity contribution in [1.82, 2.24) is 24.5 Å². The van der Waals surface area contributed by atoms with Gasteiger partial charge in [0.25, 0.3) is 5.78 Å². The summed E-state index contributed by atoms with van der Waals surface area (Å²) in [5.41, 5.74) is 0.730. The Hall–Kier alpha value is -1.89. The highest BCUT2D eigenvalue weighted by atomic mass is 35.5. The molecule has 0 saturated heterocycles. The molecule has 8 heteroatoms. The molecule has 0 aliphatic heterocycles. The standard InChI is InChI=1S/C13H19ClN6O/c1-5-19(6-2)12(21)9(4)17-11-8(3)10(14)18-13-15-7-16-20(11)13/h7,9,17H,5-6H2,1-4H3. The van der Waals surface area contributed by atoms with Crippen molar-refractivity contribution in [3.63, 3.8) is 0 Å². The molecule has 0 fully saturated rings. The van der Waals surface area contributed by atoms with Gasteiger partial charge >= 0.3 is 0 Å². The Morgan fingerprint density at radius 1 is 1.48 bits per heavy atom. The summed E-state index contributed by atoms with van der Waals surface area (Å²) in [5.74, 6) is 1.06. The summed E-state index contributed by atoms with van der Waals surface area (Å²) < 4.78 is 1.55. The first kappa shape index (κ1) is 15.5. The van der Waals surface area contributed by atoms with Crippen LogP contribution in [0.1, 0.15) is 26.3 Å². The van der Waals surface area contributed by atoms with Crippen LogP contribution in [0.4, 0.5) is 5.82 Å². The molecule has 2 aromatic heterocycles. The molecule has 0 aliphatic carbocycles. The van der Waals surface area contributed by atoms with Crippen LogP contribution in [0.15, 0.2) is 6.33 Å². The summed E-state index contributed by atoms with van der Waals surface area (Å²) in [5, 5.41) is 7.64. The molecule has 2 aromatic rings. The maximum Gasteiger partial charge on any atom is 0.255 e. The zero-order valence-electron chi connectivity index (χ0n) is 12.6. The van der Waals surface area contributed by atoms with Crippen molar-refractivity contribution in [2.24, 2.45) is 0 Å². The maximum absolute atomic E-state index is 12.3. The number of hydrogen-bond acceptors (Lipinski definition) is 5. The lowest BCUT2D eigenvalue weighted by atomic mass is 10.2. The van der Waals surface area contributed by atoms with Gasteiger partial charge in [-0.1, -0.05) is 11.6 Å². The normalized spacial score (nSPS) is 12.4. The van der Waals surface area contributed by atoms with Crippen molar-refractivity contribution < 1.29 is 4.79 Å². The summed E-state index contributed by atoms with van der Waals surface area (Å²) in [7, 11) is 0. The van der Waals surface area contributed by atoms with Gasteiger partial charge in [-0.3, -0.25) is 4.79 Å². The fourth-order valence-corrected chi connectivity index (χ4v) is 2.31. The highest BCUT2D eigenvalue weighted by Crippen LogP contribution is 2.22. The van der Waals surface area contributed by atoms with Crippen LogP contribution in [0, 0.1) is 6.92 Å². The van der Waals surface area contributed by atoms with Gasteiger partial charge in [-0.15, -0.1) is 0 Å². The number of likely N-dealkylation sites (N-methyl/N-ethyl adjacent to an activating group) is 1. The zero-order chi connectivity index (χ0) is 15.6. The molecule has 1 unspecified atom stereocenters. The highest BCUT2D eigenvalue weighted by Gasteiger charge is 2.21. The number of amides is 1. The minimum absolute atomic E-state index is 0.0283. The van der Waals surface area contributed by atoms with Crippen molar-refractivity contribution in [3.8, 4) is 0 Å². The Labute approximate surface area is 128 Å². The first-order chi connectivity index (χ1) is 9.99. The van der Waals surface area contributed by atoms with Gasteiger partial charge in [-0.05, 0) is 27.7 Å². The average molecular weight is 311 g/mol. The summed E-state index contributed by atoms with van der Waals surface area (Å²) in [6, 6.07) is -0.394. The molecular weight excluding hydrogens is 292 g/mol. The number of nitrogens with one attached hydrogen (secondary N) is 1. The third kappa shape index (κ3) is 2.92. The maximum atomic E-state index is 12.3. The van der Waals surface area contributed by atoms with Crippen molar-refractivity contribution in [2.75, 3.05) is 18.4 Å². The molecule has 1 atom stereocenters. The topological polar surface area (TPSA) is 75.4 Å². The summed E-state index contributed by atoms with van der Waals surface area (Å²) in [6.07, 6.45) is 1.40. The van der Waals surface area contributed by atoms with Gasteiger partial charge in [0.05, 0.1) is 0 Å². The predicted molar refractivity (Wildman–Crippen MR) is 81.5 cm³/mol. The zero-order valence-corrected chi connectivity index (χ0v) is 13.3. The van der Waals surface area contributed by atoms with Gasteiger partial charge in [-0.25, -0.2) is 0 Å². The van der Waals surface area contributed by atoms with Crippen LogP contribution in [-0.2, 0) is 4.79 Å². The van der Waals surface area contributed by atoms with E-state index in [0.29, 0.717) is 29.8 Å². The molecule has 1 amide bonds. The van der Waals surface area contributed by atoms with E-state index < -0.39 is 6.04 Å². The van der Waals surface area contributed by atoms with Gasteiger partial charge in [0, 0.05) is 18.7 Å². The van der Waals surface area contributed by atoms with E-state index in [4.69, 9.17) is 11.6 Å². The molecule has 0 aliphatic rings. The van der Waals surface area contributed by atoms with Crippen LogP contribution < -0.4 is 5.32 Å². The lowest BCUT2D eigenvalue weighted by Gasteiger charge is -2.24. The minimum atomic E-state index is -0.394. The van der Waals surface area contributed by atoms with E-state index in [2.05, 4.69) is 20.4 Å². The van der Waals surface area contributed by atoms with Gasteiger partial charge in [-0.2, -0.15) is 19.6 Å². The van der Waals surface area contributed by atoms with E-state index in [-0.39, 0.29) is 5.91 Å². The third-order valence-corrected chi connectivity index (χ3v) is 3.77. The van der Waals surface area contributed by atoms with E-state index >= 15 is 0 Å². The van der Waals surface area contributed by atoms with E-state index in [0.717, 1.165) is 5.56 Å². The van der Waals surface area contributed by atoms with Crippen LogP contribution >= 0.6 is 11.6 Å². The molecule has 2 heterocycles. The Kier molecular flexibility index (Phi) is 4.62. The van der Waals surface area contributed by atoms with Crippen LogP contribution in [0.5, 0.6) is 0 Å². The molecule has 2 rings (SSSR count). The van der Waals surface area contributed by atoms with E-state index in [9.17, 15) is 4.79 Å². The van der Waals surface area contributed by atoms with Crippen LogP contribution in [0.3, 0.4) is 0 Å². The monoisotopic (exact) mass is 310 g/mol. The fourth-order valence-electron chi connectivity index (χ4n) is 2.14. The minimum Gasteiger partial charge on any atom is -0.358 e. The highest BCUT2D eigenvalue weighted by molar-refractivity contribution is 6.30. The van der Waals surface area contributed by atoms with Crippen LogP contribution in [-0.4, -0.2) is 49.5 Å². The summed E-state index contributed by atoms with van der Waals surface area (Å²) in [6.45, 7) is 8.91. The number of halogens is 1. The van der Waals surface area contributed by atoms with Crippen molar-refractivity contribution in [3.05, 3.63) is 17.0 Å². The lowest BCUT2D eigenvalue weighted by molar-refractivity contribution is -0.131. The Morgan fingerprint density at radius 2 is 2.14 bits per heavy atom. The number of aromatic nitrogens is 4. The second-order valence-corrected chi connectivity index (χ2v) is 5.08. The van der Waals surface area contributed by atoms with Gasteiger partial charge in [0.1, 0.15) is 23.3 Å². The summed E-state index contributed by atoms with van der Waals surface area (Å²) in [4.78, 5) is 22.3. The molecule has 0 saturated carbocycles. The van der Waals surface area contributed by atoms with Crippen molar-refractivity contribution >= 4 is 29.1 Å². The number of carbonyl (C=O) groups is 1. The SMILES string of the molecule is CCN(CC)C(=O)C(C)Nc1c(C)c(Cl)nc2ncnn12. The Balaban J connectivity index is 2.33. The molecule has 21 heavy (non-hydrogen) atoms. The second kappa shape index (κ2) is 6.26. The summed E-state index contributed by atoms with van der Waals surface area (Å²) >= 11 is 6.10. The van der Waals surface area contributed by atoms with Gasteiger partial charge in [0.2, 0.25) is 5.91 Å². The van der Waals surface area contributed by atoms with E-state index in [1.165, 1.54) is 6.33 Å². The molecule has 7 nitrogen and oxygen atoms in total. The van der Waals surface area contributed by atoms with Gasteiger partial charge in [0.15, 0.2) is 0 Å². The van der Waals surface area contributed by atoms with Crippen molar-refractivity contribution in [1.29, 1.82) is 0 Å². The molecule has 0 aromatic carbocycles. The first-order valence-electron chi connectivity index (χ1n) is 6.90. The van der Waals surface area contributed by atoms with Crippen LogP contribution in [0.25, 0.3) is 5.78 Å².